The van der Waals surface area contributed by atoms with Gasteiger partial charge in [0.15, 0.2) is 11.5 Å². The normalized spacial score (nSPS) is 18.9. The Labute approximate surface area is 173 Å². The number of rotatable bonds is 6. The number of carbonyl (C=O) groups excluding carboxylic acids is 1. The van der Waals surface area contributed by atoms with Crippen LogP contribution < -0.4 is 4.74 Å². The number of fused-ring (bicyclic) bond motifs is 1. The van der Waals surface area contributed by atoms with Gasteiger partial charge in [-0.2, -0.15) is 0 Å². The van der Waals surface area contributed by atoms with E-state index in [1.165, 1.54) is 0 Å². The first-order valence-corrected chi connectivity index (χ1v) is 10.4. The highest BCUT2D eigenvalue weighted by Gasteiger charge is 2.31. The van der Waals surface area contributed by atoms with Crippen LogP contribution in [0.4, 0.5) is 0 Å². The maximum Gasteiger partial charge on any atom is 0.276 e. The molecule has 0 bridgehead atoms. The zero-order valence-corrected chi connectivity index (χ0v) is 17.3. The van der Waals surface area contributed by atoms with Crippen LogP contribution in [-0.4, -0.2) is 33.0 Å². The SMILES string of the molecule is C=CC[C@@H]1CC=C[C@@H](C)N1C(=O)c1cc(COc2ccc3sc(C)nc3c2)on1. The minimum atomic E-state index is -0.136. The van der Waals surface area contributed by atoms with Crippen LogP contribution in [0.25, 0.3) is 10.2 Å². The zero-order chi connectivity index (χ0) is 20.4. The summed E-state index contributed by atoms with van der Waals surface area (Å²) in [6, 6.07) is 7.56. The van der Waals surface area contributed by atoms with Gasteiger partial charge in [0.1, 0.15) is 12.4 Å². The van der Waals surface area contributed by atoms with Gasteiger partial charge in [-0.05, 0) is 38.8 Å². The van der Waals surface area contributed by atoms with E-state index >= 15 is 0 Å². The Morgan fingerprint density at radius 3 is 3.14 bits per heavy atom. The molecule has 0 unspecified atom stereocenters. The Bertz CT molecular complexity index is 1070. The molecule has 0 saturated heterocycles. The predicted octanol–water partition coefficient (Wildman–Crippen LogP) is 4.91. The number of nitrogens with zero attached hydrogens (tertiary/aromatic N) is 3. The lowest BCUT2D eigenvalue weighted by atomic mass is 10.00. The quantitative estimate of drug-likeness (QED) is 0.541. The maximum absolute atomic E-state index is 13.0. The summed E-state index contributed by atoms with van der Waals surface area (Å²) in [5.41, 5.74) is 1.21. The minimum Gasteiger partial charge on any atom is -0.485 e. The van der Waals surface area contributed by atoms with Crippen LogP contribution in [0.2, 0.25) is 0 Å². The molecule has 6 nitrogen and oxygen atoms in total. The third kappa shape index (κ3) is 4.10. The van der Waals surface area contributed by atoms with Crippen molar-refractivity contribution < 1.29 is 14.1 Å². The standard InChI is InChI=1S/C22H23N3O3S/c1-4-6-16-8-5-7-14(2)25(16)22(26)20-12-18(28-24-20)13-27-17-9-10-21-19(11-17)23-15(3)29-21/h4-5,7,9-12,14,16H,1,6,8,13H2,2-3H3/t14-,16-/m1/s1. The molecular formula is C22H23N3O3S. The molecule has 0 radical (unpaired) electrons. The van der Waals surface area contributed by atoms with E-state index in [2.05, 4.69) is 22.8 Å². The van der Waals surface area contributed by atoms with Crippen LogP contribution in [0.3, 0.4) is 0 Å². The van der Waals surface area contributed by atoms with Crippen LogP contribution in [0.5, 0.6) is 5.75 Å². The number of hydrogen-bond acceptors (Lipinski definition) is 6. The van der Waals surface area contributed by atoms with E-state index < -0.39 is 0 Å². The number of benzene rings is 1. The molecule has 0 N–H and O–H groups in total. The monoisotopic (exact) mass is 409 g/mol. The summed E-state index contributed by atoms with van der Waals surface area (Å²) in [6.07, 6.45) is 7.56. The molecule has 1 aliphatic heterocycles. The van der Waals surface area contributed by atoms with E-state index in [4.69, 9.17) is 9.26 Å². The van der Waals surface area contributed by atoms with E-state index in [1.54, 1.807) is 17.4 Å². The molecule has 2 aromatic heterocycles. The zero-order valence-electron chi connectivity index (χ0n) is 16.5. The van der Waals surface area contributed by atoms with Crippen LogP contribution >= 0.6 is 11.3 Å². The van der Waals surface area contributed by atoms with Gasteiger partial charge in [-0.25, -0.2) is 4.98 Å². The van der Waals surface area contributed by atoms with Crippen molar-refractivity contribution in [1.82, 2.24) is 15.0 Å². The molecule has 0 fully saturated rings. The van der Waals surface area contributed by atoms with E-state index in [1.807, 2.05) is 49.1 Å². The number of thiazole rings is 1. The Balaban J connectivity index is 1.45. The number of aryl methyl sites for hydroxylation is 1. The van der Waals surface area contributed by atoms with E-state index in [0.29, 0.717) is 17.2 Å². The first-order valence-electron chi connectivity index (χ1n) is 9.61. The van der Waals surface area contributed by atoms with Crippen LogP contribution in [0, 0.1) is 6.92 Å². The Morgan fingerprint density at radius 1 is 1.45 bits per heavy atom. The van der Waals surface area contributed by atoms with Crippen molar-refractivity contribution in [2.24, 2.45) is 0 Å². The Morgan fingerprint density at radius 2 is 2.31 bits per heavy atom. The molecule has 4 rings (SSSR count). The van der Waals surface area contributed by atoms with Crippen molar-refractivity contribution in [2.75, 3.05) is 0 Å². The second kappa shape index (κ2) is 8.21. The molecule has 0 saturated carbocycles. The summed E-state index contributed by atoms with van der Waals surface area (Å²) in [5.74, 6) is 1.07. The van der Waals surface area contributed by atoms with Gasteiger partial charge in [-0.3, -0.25) is 4.79 Å². The van der Waals surface area contributed by atoms with Crippen LogP contribution in [-0.2, 0) is 6.61 Å². The van der Waals surface area contributed by atoms with Crippen molar-refractivity contribution in [3.05, 3.63) is 65.5 Å². The molecule has 3 aromatic rings. The number of amides is 1. The van der Waals surface area contributed by atoms with E-state index in [-0.39, 0.29) is 24.6 Å². The summed E-state index contributed by atoms with van der Waals surface area (Å²) >= 11 is 1.65. The predicted molar refractivity (Wildman–Crippen MR) is 113 cm³/mol. The first-order chi connectivity index (χ1) is 14.0. The van der Waals surface area contributed by atoms with Crippen LogP contribution in [0.15, 0.2) is 53.6 Å². The molecule has 7 heteroatoms. The highest BCUT2D eigenvalue weighted by Crippen LogP contribution is 2.26. The highest BCUT2D eigenvalue weighted by atomic mass is 32.1. The lowest BCUT2D eigenvalue weighted by Crippen LogP contribution is -2.47. The van der Waals surface area contributed by atoms with E-state index in [9.17, 15) is 4.79 Å². The fraction of sp³-hybridized carbons (Fsp3) is 0.318. The molecule has 0 spiro atoms. The van der Waals surface area contributed by atoms with Gasteiger partial charge < -0.3 is 14.2 Å². The molecule has 3 heterocycles. The second-order valence-corrected chi connectivity index (χ2v) is 8.36. The highest BCUT2D eigenvalue weighted by molar-refractivity contribution is 7.18. The van der Waals surface area contributed by atoms with Crippen molar-refractivity contribution >= 4 is 27.5 Å². The van der Waals surface area contributed by atoms with Gasteiger partial charge in [-0.15, -0.1) is 17.9 Å². The van der Waals surface area contributed by atoms with E-state index in [0.717, 1.165) is 28.1 Å². The number of hydrogen-bond donors (Lipinski definition) is 0. The molecule has 29 heavy (non-hydrogen) atoms. The molecule has 0 aliphatic carbocycles. The smallest absolute Gasteiger partial charge is 0.276 e. The molecular weight excluding hydrogens is 386 g/mol. The third-order valence-corrected chi connectivity index (χ3v) is 5.91. The average molecular weight is 410 g/mol. The molecule has 2 atom stereocenters. The lowest BCUT2D eigenvalue weighted by Gasteiger charge is -2.36. The minimum absolute atomic E-state index is 0.00546. The number of ether oxygens (including phenoxy) is 1. The lowest BCUT2D eigenvalue weighted by molar-refractivity contribution is 0.0611. The molecule has 1 aliphatic rings. The first kappa shape index (κ1) is 19.4. The summed E-state index contributed by atoms with van der Waals surface area (Å²) in [4.78, 5) is 19.3. The second-order valence-electron chi connectivity index (χ2n) is 7.12. The van der Waals surface area contributed by atoms with Crippen molar-refractivity contribution in [2.45, 2.75) is 45.4 Å². The van der Waals surface area contributed by atoms with Gasteiger partial charge in [-0.1, -0.05) is 23.4 Å². The van der Waals surface area contributed by atoms with Crippen molar-refractivity contribution in [3.63, 3.8) is 0 Å². The van der Waals surface area contributed by atoms with Gasteiger partial charge in [0.05, 0.1) is 15.2 Å². The average Bonchev–Trinajstić information content (AvgIpc) is 3.31. The summed E-state index contributed by atoms with van der Waals surface area (Å²) in [6.45, 7) is 7.99. The summed E-state index contributed by atoms with van der Waals surface area (Å²) in [7, 11) is 0. The largest absolute Gasteiger partial charge is 0.485 e. The topological polar surface area (TPSA) is 68.5 Å². The van der Waals surface area contributed by atoms with Crippen LogP contribution in [0.1, 0.15) is 41.0 Å². The molecule has 150 valence electrons. The van der Waals surface area contributed by atoms with Gasteiger partial charge in [0.2, 0.25) is 0 Å². The fourth-order valence-electron chi connectivity index (χ4n) is 3.61. The molecule has 1 aromatic carbocycles. The fourth-order valence-corrected chi connectivity index (χ4v) is 4.41. The van der Waals surface area contributed by atoms with Gasteiger partial charge in [0, 0.05) is 24.2 Å². The van der Waals surface area contributed by atoms with Crippen molar-refractivity contribution in [3.8, 4) is 5.75 Å². The van der Waals surface area contributed by atoms with Crippen molar-refractivity contribution in [1.29, 1.82) is 0 Å². The Kier molecular flexibility index (Phi) is 5.49. The van der Waals surface area contributed by atoms with Gasteiger partial charge in [0.25, 0.3) is 5.91 Å². The summed E-state index contributed by atoms with van der Waals surface area (Å²) in [5, 5.41) is 5.00. The number of carbonyl (C=O) groups is 1. The maximum atomic E-state index is 13.0. The Hall–Kier alpha value is -2.93. The molecule has 1 amide bonds. The number of aromatic nitrogens is 2. The third-order valence-electron chi connectivity index (χ3n) is 4.95. The van der Waals surface area contributed by atoms with Gasteiger partial charge >= 0.3 is 0 Å². The summed E-state index contributed by atoms with van der Waals surface area (Å²) < 4.78 is 12.3.